The first kappa shape index (κ1) is 56.0. The highest BCUT2D eigenvalue weighted by Gasteiger charge is 2.21. The Morgan fingerprint density at radius 1 is 0.373 bits per heavy atom. The Hall–Kier alpha value is 0.680. The summed E-state index contributed by atoms with van der Waals surface area (Å²) in [6.45, 7) is 10.8. The zero-order valence-electron chi connectivity index (χ0n) is 35.0. The molecule has 51 heavy (non-hydrogen) atoms. The van der Waals surface area contributed by atoms with Gasteiger partial charge >= 0.3 is 0 Å². The van der Waals surface area contributed by atoms with Gasteiger partial charge in [0.15, 0.2) is 0 Å². The number of ether oxygens (including phenoxy) is 3. The Bertz CT molecular complexity index is 621. The zero-order valence-corrected chi connectivity index (χ0v) is 38.1. The van der Waals surface area contributed by atoms with E-state index in [-0.39, 0.29) is 34.0 Å². The number of nitrogens with zero attached hydrogens (tertiary/aromatic N) is 2. The minimum atomic E-state index is -0.459. The number of halogens is 2. The van der Waals surface area contributed by atoms with Gasteiger partial charge in [0.05, 0.1) is 80.9 Å². The van der Waals surface area contributed by atoms with Crippen LogP contribution in [0.2, 0.25) is 0 Å². The predicted octanol–water partition coefficient (Wildman–Crippen LogP) is 3.32. The minimum Gasteiger partial charge on any atom is -1.00 e. The molecule has 0 heterocycles. The summed E-state index contributed by atoms with van der Waals surface area (Å²) in [5.74, 6) is 0. The molecule has 0 aromatic carbocycles. The molecule has 0 radical (unpaired) electrons. The highest BCUT2D eigenvalue weighted by atomic mass is 79.9. The van der Waals surface area contributed by atoms with E-state index in [0.717, 1.165) is 22.1 Å². The standard InChI is InChI=1S/C42H90N2O5.2BrH/c1-7-9-11-13-15-17-19-21-23-25-27-29-31-43(3,4)37-41(45)39-48-35-33-47-34-36-49-40-42(46)38-44(5,6)32-30-28-26-24-22-20-18-16-14-12-10-8-2;;/h41-42,45-46H,7-40H2,1-6H3;2*1H/q+2;;/p-2. The Balaban J connectivity index is -0.0000115. The largest absolute Gasteiger partial charge is 1.00 e. The molecule has 0 aromatic rings. The van der Waals surface area contributed by atoms with Crippen LogP contribution in [0.15, 0.2) is 0 Å². The molecule has 0 aliphatic heterocycles. The first-order valence-corrected chi connectivity index (χ1v) is 21.3. The summed E-state index contributed by atoms with van der Waals surface area (Å²) in [6, 6.07) is 0. The van der Waals surface area contributed by atoms with E-state index in [9.17, 15) is 10.2 Å². The minimum absolute atomic E-state index is 0. The summed E-state index contributed by atoms with van der Waals surface area (Å²) < 4.78 is 18.6. The average Bonchev–Trinajstić information content (AvgIpc) is 3.04. The van der Waals surface area contributed by atoms with Crippen molar-refractivity contribution in [3.8, 4) is 0 Å². The number of unbranched alkanes of at least 4 members (excludes halogenated alkanes) is 22. The Kier molecular flexibility index (Phi) is 44.3. The maximum absolute atomic E-state index is 10.5. The van der Waals surface area contributed by atoms with Crippen molar-refractivity contribution in [2.24, 2.45) is 0 Å². The number of rotatable bonds is 40. The lowest BCUT2D eigenvalue weighted by molar-refractivity contribution is -0.893. The van der Waals surface area contributed by atoms with E-state index >= 15 is 0 Å². The van der Waals surface area contributed by atoms with Gasteiger partial charge in [0.2, 0.25) is 0 Å². The third-order valence-electron chi connectivity index (χ3n) is 10.0. The van der Waals surface area contributed by atoms with Gasteiger partial charge in [-0.3, -0.25) is 0 Å². The number of hydrogen-bond acceptors (Lipinski definition) is 5. The molecule has 0 aliphatic carbocycles. The number of aliphatic hydroxyl groups is 2. The highest BCUT2D eigenvalue weighted by Crippen LogP contribution is 2.14. The SMILES string of the molecule is CCCCCCCCCCCCCC[N+](C)(C)CC(O)COCCOCCOCC(O)C[N+](C)(C)CCCCCCCCCCCCCC.[Br-].[Br-]. The van der Waals surface area contributed by atoms with Gasteiger partial charge < -0.3 is 67.4 Å². The van der Waals surface area contributed by atoms with Crippen molar-refractivity contribution in [3.63, 3.8) is 0 Å². The van der Waals surface area contributed by atoms with E-state index in [1.54, 1.807) is 0 Å². The second-order valence-electron chi connectivity index (χ2n) is 16.5. The fourth-order valence-corrected chi connectivity index (χ4v) is 6.97. The van der Waals surface area contributed by atoms with Crippen LogP contribution in [0.25, 0.3) is 0 Å². The second kappa shape index (κ2) is 40.3. The molecule has 2 unspecified atom stereocenters. The van der Waals surface area contributed by atoms with Gasteiger partial charge in [-0.25, -0.2) is 0 Å². The molecule has 9 heteroatoms. The lowest BCUT2D eigenvalue weighted by Crippen LogP contribution is -3.00. The van der Waals surface area contributed by atoms with Gasteiger partial charge in [-0.2, -0.15) is 0 Å². The van der Waals surface area contributed by atoms with Gasteiger partial charge in [-0.05, 0) is 25.7 Å². The maximum atomic E-state index is 10.5. The summed E-state index contributed by atoms with van der Waals surface area (Å²) in [4.78, 5) is 0. The van der Waals surface area contributed by atoms with Gasteiger partial charge in [0.25, 0.3) is 0 Å². The van der Waals surface area contributed by atoms with E-state index in [1.165, 1.54) is 154 Å². The normalized spacial score (nSPS) is 13.2. The van der Waals surface area contributed by atoms with Crippen molar-refractivity contribution >= 4 is 0 Å². The van der Waals surface area contributed by atoms with Gasteiger partial charge in [0.1, 0.15) is 25.3 Å². The molecule has 0 spiro atoms. The summed E-state index contributed by atoms with van der Waals surface area (Å²) in [5, 5.41) is 21.0. The maximum Gasteiger partial charge on any atom is 0.126 e. The van der Waals surface area contributed by atoms with Crippen LogP contribution in [-0.4, -0.2) is 125 Å². The van der Waals surface area contributed by atoms with Crippen molar-refractivity contribution in [2.75, 3.05) is 94.0 Å². The van der Waals surface area contributed by atoms with Crippen LogP contribution in [0, 0.1) is 0 Å². The van der Waals surface area contributed by atoms with E-state index in [1.807, 2.05) is 0 Å². The number of aliphatic hydroxyl groups excluding tert-OH is 2. The Labute approximate surface area is 340 Å². The summed E-state index contributed by atoms with van der Waals surface area (Å²) in [5.41, 5.74) is 0. The molecule has 0 aromatic heterocycles. The van der Waals surface area contributed by atoms with Crippen molar-refractivity contribution in [3.05, 3.63) is 0 Å². The van der Waals surface area contributed by atoms with Crippen LogP contribution in [0.3, 0.4) is 0 Å². The Morgan fingerprint density at radius 3 is 0.882 bits per heavy atom. The quantitative estimate of drug-likeness (QED) is 0.0733. The van der Waals surface area contributed by atoms with Crippen molar-refractivity contribution < 1.29 is 67.4 Å². The van der Waals surface area contributed by atoms with Crippen molar-refractivity contribution in [1.82, 2.24) is 0 Å². The predicted molar refractivity (Wildman–Crippen MR) is 210 cm³/mol. The molecule has 2 atom stereocenters. The summed E-state index contributed by atoms with van der Waals surface area (Å²) >= 11 is 0. The van der Waals surface area contributed by atoms with Crippen LogP contribution in [-0.2, 0) is 14.2 Å². The van der Waals surface area contributed by atoms with E-state index in [0.29, 0.717) is 52.7 Å². The van der Waals surface area contributed by atoms with Crippen LogP contribution in [0.5, 0.6) is 0 Å². The van der Waals surface area contributed by atoms with E-state index in [4.69, 9.17) is 14.2 Å². The monoisotopic (exact) mass is 861 g/mol. The topological polar surface area (TPSA) is 68.2 Å². The third-order valence-corrected chi connectivity index (χ3v) is 10.0. The van der Waals surface area contributed by atoms with Crippen molar-refractivity contribution in [1.29, 1.82) is 0 Å². The molecule has 0 rings (SSSR count). The Morgan fingerprint density at radius 2 is 0.608 bits per heavy atom. The molecule has 0 saturated heterocycles. The van der Waals surface area contributed by atoms with E-state index in [2.05, 4.69) is 42.0 Å². The smallest absolute Gasteiger partial charge is 0.126 e. The van der Waals surface area contributed by atoms with Crippen LogP contribution in [0.4, 0.5) is 0 Å². The molecule has 0 aliphatic rings. The zero-order chi connectivity index (χ0) is 36.3. The first-order chi connectivity index (χ1) is 23.6. The van der Waals surface area contributed by atoms with Crippen LogP contribution in [0.1, 0.15) is 168 Å². The molecule has 0 amide bonds. The number of likely N-dealkylation sites (N-methyl/N-ethyl adjacent to an activating group) is 2. The first-order valence-electron chi connectivity index (χ1n) is 21.3. The molecule has 312 valence electrons. The molecule has 0 bridgehead atoms. The van der Waals surface area contributed by atoms with Crippen LogP contribution < -0.4 is 34.0 Å². The average molecular weight is 863 g/mol. The fraction of sp³-hybridized carbons (Fsp3) is 1.00. The molecular formula is C42H90Br2N2O5. The van der Waals surface area contributed by atoms with E-state index < -0.39 is 12.2 Å². The summed E-state index contributed by atoms with van der Waals surface area (Å²) in [7, 11) is 8.84. The number of hydrogen-bond donors (Lipinski definition) is 2. The van der Waals surface area contributed by atoms with Crippen LogP contribution >= 0.6 is 0 Å². The molecule has 0 saturated carbocycles. The third kappa shape index (κ3) is 43.3. The van der Waals surface area contributed by atoms with Crippen molar-refractivity contribution in [2.45, 2.75) is 180 Å². The number of quaternary nitrogens is 2. The molecule has 2 N–H and O–H groups in total. The lowest BCUT2D eigenvalue weighted by Gasteiger charge is -2.32. The fourth-order valence-electron chi connectivity index (χ4n) is 6.97. The molecule has 7 nitrogen and oxygen atoms in total. The van der Waals surface area contributed by atoms with Gasteiger partial charge in [0, 0.05) is 0 Å². The summed E-state index contributed by atoms with van der Waals surface area (Å²) in [6.07, 6.45) is 31.9. The molecule has 0 fully saturated rings. The van der Waals surface area contributed by atoms with Gasteiger partial charge in [-0.15, -0.1) is 0 Å². The lowest BCUT2D eigenvalue weighted by atomic mass is 10.1. The second-order valence-corrected chi connectivity index (χ2v) is 16.5. The highest BCUT2D eigenvalue weighted by molar-refractivity contribution is 4.55. The molecular weight excluding hydrogens is 772 g/mol. The van der Waals surface area contributed by atoms with Gasteiger partial charge in [-0.1, -0.05) is 142 Å².